The minimum absolute atomic E-state index is 0.0233. The van der Waals surface area contributed by atoms with Crippen molar-refractivity contribution >= 4 is 21.4 Å². The summed E-state index contributed by atoms with van der Waals surface area (Å²) in [4.78, 5) is 3.90. The number of rotatable bonds is 6. The number of pyridine rings is 1. The predicted octanol–water partition coefficient (Wildman–Crippen LogP) is 1.66. The van der Waals surface area contributed by atoms with Crippen LogP contribution >= 0.6 is 0 Å². The van der Waals surface area contributed by atoms with Crippen molar-refractivity contribution in [3.05, 3.63) is 48.3 Å². The molecule has 6 nitrogen and oxygen atoms in total. The van der Waals surface area contributed by atoms with Gasteiger partial charge in [-0.3, -0.25) is 9.71 Å². The van der Waals surface area contributed by atoms with Crippen LogP contribution in [0.4, 0.5) is 11.4 Å². The number of nitrogens with one attached hydrogen (secondary N) is 1. The third-order valence-corrected chi connectivity index (χ3v) is 4.17. The molecule has 0 amide bonds. The molecule has 0 unspecified atom stereocenters. The zero-order chi connectivity index (χ0) is 15.3. The molecular weight excluding hydrogens is 290 g/mol. The van der Waals surface area contributed by atoms with E-state index in [-0.39, 0.29) is 5.75 Å². The highest BCUT2D eigenvalue weighted by atomic mass is 32.2. The van der Waals surface area contributed by atoms with Crippen LogP contribution in [0.2, 0.25) is 0 Å². The van der Waals surface area contributed by atoms with E-state index in [1.165, 1.54) is 7.11 Å². The minimum Gasteiger partial charge on any atom is -0.494 e. The van der Waals surface area contributed by atoms with Gasteiger partial charge >= 0.3 is 0 Å². The average Bonchev–Trinajstić information content (AvgIpc) is 2.48. The fraction of sp³-hybridized carbons (Fsp3) is 0.214. The summed E-state index contributed by atoms with van der Waals surface area (Å²) < 4.78 is 31.9. The van der Waals surface area contributed by atoms with Gasteiger partial charge in [0.1, 0.15) is 5.75 Å². The molecule has 3 N–H and O–H groups in total. The third-order valence-electron chi connectivity index (χ3n) is 2.90. The molecule has 0 fully saturated rings. The molecule has 0 aliphatic carbocycles. The Bertz CT molecular complexity index is 703. The maximum atomic E-state index is 12.1. The van der Waals surface area contributed by atoms with Crippen LogP contribution in [0.25, 0.3) is 0 Å². The van der Waals surface area contributed by atoms with Crippen LogP contribution in [0.5, 0.6) is 5.75 Å². The van der Waals surface area contributed by atoms with Crippen LogP contribution in [0.15, 0.2) is 42.7 Å². The minimum atomic E-state index is -3.47. The van der Waals surface area contributed by atoms with Gasteiger partial charge < -0.3 is 10.5 Å². The fourth-order valence-electron chi connectivity index (χ4n) is 1.81. The Hall–Kier alpha value is -2.28. The van der Waals surface area contributed by atoms with E-state index in [1.807, 2.05) is 0 Å². The second-order valence-electron chi connectivity index (χ2n) is 4.49. The van der Waals surface area contributed by atoms with Gasteiger partial charge in [-0.1, -0.05) is 0 Å². The Balaban J connectivity index is 2.07. The first-order valence-corrected chi connectivity index (χ1v) is 7.98. The Labute approximate surface area is 124 Å². The summed E-state index contributed by atoms with van der Waals surface area (Å²) in [5.74, 6) is 0.368. The molecule has 0 spiro atoms. The van der Waals surface area contributed by atoms with Gasteiger partial charge in [0.15, 0.2) is 0 Å². The number of sulfonamides is 1. The summed E-state index contributed by atoms with van der Waals surface area (Å²) in [5.41, 5.74) is 7.44. The molecule has 0 atom stereocenters. The molecule has 21 heavy (non-hydrogen) atoms. The Morgan fingerprint density at radius 3 is 2.62 bits per heavy atom. The number of nitrogens with two attached hydrogens (primary N) is 1. The van der Waals surface area contributed by atoms with E-state index >= 15 is 0 Å². The maximum Gasteiger partial charge on any atom is 0.233 e. The van der Waals surface area contributed by atoms with Crippen molar-refractivity contribution in [2.75, 3.05) is 23.3 Å². The van der Waals surface area contributed by atoms with E-state index in [2.05, 4.69) is 9.71 Å². The quantitative estimate of drug-likeness (QED) is 0.791. The molecule has 112 valence electrons. The standard InChI is InChI=1S/C14H17N3O3S/c1-20-14-10-12(15)2-3-13(14)17-21(18,19)9-6-11-4-7-16-8-5-11/h2-5,7-8,10,17H,6,9,15H2,1H3. The number of hydrogen-bond donors (Lipinski definition) is 2. The lowest BCUT2D eigenvalue weighted by Crippen LogP contribution is -2.18. The number of aryl methyl sites for hydroxylation is 1. The second kappa shape index (κ2) is 6.45. The van der Waals surface area contributed by atoms with Crippen LogP contribution < -0.4 is 15.2 Å². The zero-order valence-corrected chi connectivity index (χ0v) is 12.4. The van der Waals surface area contributed by atoms with Gasteiger partial charge in [0.25, 0.3) is 0 Å². The lowest BCUT2D eigenvalue weighted by atomic mass is 10.2. The van der Waals surface area contributed by atoms with E-state index in [0.717, 1.165) is 5.56 Å². The van der Waals surface area contributed by atoms with Crippen molar-refractivity contribution in [3.8, 4) is 5.75 Å². The van der Waals surface area contributed by atoms with Crippen LogP contribution in [0.3, 0.4) is 0 Å². The molecule has 2 aromatic rings. The molecule has 0 radical (unpaired) electrons. The van der Waals surface area contributed by atoms with Gasteiger partial charge in [-0.15, -0.1) is 0 Å². The highest BCUT2D eigenvalue weighted by Crippen LogP contribution is 2.27. The third kappa shape index (κ3) is 4.35. The number of hydrogen-bond acceptors (Lipinski definition) is 5. The number of benzene rings is 1. The van der Waals surface area contributed by atoms with Crippen molar-refractivity contribution in [3.63, 3.8) is 0 Å². The Morgan fingerprint density at radius 1 is 1.24 bits per heavy atom. The predicted molar refractivity (Wildman–Crippen MR) is 82.8 cm³/mol. The number of ether oxygens (including phenoxy) is 1. The molecule has 1 aromatic carbocycles. The average molecular weight is 307 g/mol. The van der Waals surface area contributed by atoms with Crippen molar-refractivity contribution in [1.82, 2.24) is 4.98 Å². The summed E-state index contributed by atoms with van der Waals surface area (Å²) in [6.07, 6.45) is 3.69. The summed E-state index contributed by atoms with van der Waals surface area (Å²) in [6.45, 7) is 0. The van der Waals surface area contributed by atoms with Crippen molar-refractivity contribution in [2.45, 2.75) is 6.42 Å². The lowest BCUT2D eigenvalue weighted by molar-refractivity contribution is 0.417. The van der Waals surface area contributed by atoms with Gasteiger partial charge in [0.05, 0.1) is 18.6 Å². The summed E-state index contributed by atoms with van der Waals surface area (Å²) in [6, 6.07) is 8.35. The van der Waals surface area contributed by atoms with E-state index in [1.54, 1.807) is 42.7 Å². The van der Waals surface area contributed by atoms with Gasteiger partial charge in [-0.25, -0.2) is 8.42 Å². The maximum absolute atomic E-state index is 12.1. The van der Waals surface area contributed by atoms with E-state index < -0.39 is 10.0 Å². The van der Waals surface area contributed by atoms with Gasteiger partial charge in [-0.2, -0.15) is 0 Å². The van der Waals surface area contributed by atoms with E-state index in [4.69, 9.17) is 10.5 Å². The van der Waals surface area contributed by atoms with Crippen LogP contribution in [0.1, 0.15) is 5.56 Å². The number of methoxy groups -OCH3 is 1. The smallest absolute Gasteiger partial charge is 0.233 e. The van der Waals surface area contributed by atoms with Crippen molar-refractivity contribution in [1.29, 1.82) is 0 Å². The Kier molecular flexibility index (Phi) is 4.64. The van der Waals surface area contributed by atoms with Gasteiger partial charge in [-0.05, 0) is 36.2 Å². The molecule has 0 bridgehead atoms. The Morgan fingerprint density at radius 2 is 1.95 bits per heavy atom. The summed E-state index contributed by atoms with van der Waals surface area (Å²) >= 11 is 0. The van der Waals surface area contributed by atoms with Crippen molar-refractivity contribution in [2.24, 2.45) is 0 Å². The van der Waals surface area contributed by atoms with Crippen LogP contribution in [0, 0.1) is 0 Å². The molecule has 0 aliphatic rings. The van der Waals surface area contributed by atoms with Crippen LogP contribution in [-0.2, 0) is 16.4 Å². The zero-order valence-electron chi connectivity index (χ0n) is 11.6. The van der Waals surface area contributed by atoms with Gasteiger partial charge in [0.2, 0.25) is 10.0 Å². The SMILES string of the molecule is COc1cc(N)ccc1NS(=O)(=O)CCc1ccncc1. The molecule has 1 aromatic heterocycles. The topological polar surface area (TPSA) is 94.3 Å². The first kappa shape index (κ1) is 15.1. The van der Waals surface area contributed by atoms with Crippen LogP contribution in [-0.4, -0.2) is 26.3 Å². The highest BCUT2D eigenvalue weighted by molar-refractivity contribution is 7.92. The fourth-order valence-corrected chi connectivity index (χ4v) is 2.92. The summed E-state index contributed by atoms with van der Waals surface area (Å²) in [5, 5.41) is 0. The molecule has 7 heteroatoms. The largest absolute Gasteiger partial charge is 0.494 e. The lowest BCUT2D eigenvalue weighted by Gasteiger charge is -2.12. The van der Waals surface area contributed by atoms with Gasteiger partial charge in [0, 0.05) is 24.1 Å². The summed E-state index contributed by atoms with van der Waals surface area (Å²) in [7, 11) is -2.01. The first-order chi connectivity index (χ1) is 10.00. The number of anilines is 2. The molecule has 0 saturated carbocycles. The monoisotopic (exact) mass is 307 g/mol. The first-order valence-electron chi connectivity index (χ1n) is 6.33. The normalized spacial score (nSPS) is 11.1. The molecule has 0 aliphatic heterocycles. The number of aromatic nitrogens is 1. The number of nitrogen functional groups attached to an aromatic ring is 1. The van der Waals surface area contributed by atoms with Crippen molar-refractivity contribution < 1.29 is 13.2 Å². The second-order valence-corrected chi connectivity index (χ2v) is 6.33. The highest BCUT2D eigenvalue weighted by Gasteiger charge is 2.14. The molecular formula is C14H17N3O3S. The molecule has 1 heterocycles. The van der Waals surface area contributed by atoms with E-state index in [0.29, 0.717) is 23.5 Å². The van der Waals surface area contributed by atoms with E-state index in [9.17, 15) is 8.42 Å². The molecule has 2 rings (SSSR count). The molecule has 0 saturated heterocycles. The number of nitrogens with zero attached hydrogens (tertiary/aromatic N) is 1.